The third-order valence-corrected chi connectivity index (χ3v) is 8.66. The Morgan fingerprint density at radius 1 is 1.14 bits per heavy atom. The Kier molecular flexibility index (Phi) is 2.08. The largest absolute Gasteiger partial charge is 0.341 e. The van der Waals surface area contributed by atoms with Crippen LogP contribution in [0.2, 0.25) is 0 Å². The Hall–Kier alpha value is -0.570. The van der Waals surface area contributed by atoms with E-state index in [0.717, 1.165) is 48.1 Å². The molecule has 3 unspecified atom stereocenters. The SMILES string of the molecule is CC(C)C12CC3CN(C(=O)[C@@H]4N[C@H]4C4CC4)CC4CC1(C4)C32. The maximum absolute atomic E-state index is 12.9. The number of hydrogen-bond donors (Lipinski definition) is 1. The van der Waals surface area contributed by atoms with Gasteiger partial charge in [0.15, 0.2) is 0 Å². The van der Waals surface area contributed by atoms with Gasteiger partial charge < -0.3 is 4.90 Å². The molecule has 2 bridgehead atoms. The lowest BCUT2D eigenvalue weighted by atomic mass is 9.64. The van der Waals surface area contributed by atoms with E-state index in [4.69, 9.17) is 0 Å². The van der Waals surface area contributed by atoms with Gasteiger partial charge in [-0.25, -0.2) is 0 Å². The van der Waals surface area contributed by atoms with Crippen LogP contribution >= 0.6 is 0 Å². The van der Waals surface area contributed by atoms with Gasteiger partial charge in [0.1, 0.15) is 6.04 Å². The van der Waals surface area contributed by atoms with Gasteiger partial charge in [0, 0.05) is 19.1 Å². The molecule has 1 N–H and O–H groups in total. The molecule has 0 radical (unpaired) electrons. The fourth-order valence-electron chi connectivity index (χ4n) is 7.68. The summed E-state index contributed by atoms with van der Waals surface area (Å²) in [7, 11) is 0. The minimum absolute atomic E-state index is 0.186. The number of amides is 1. The first-order chi connectivity index (χ1) is 10.6. The molecule has 5 atom stereocenters. The molecule has 7 rings (SSSR count). The molecule has 7 aliphatic rings. The van der Waals surface area contributed by atoms with Gasteiger partial charge in [-0.3, -0.25) is 10.1 Å². The van der Waals surface area contributed by atoms with Crippen molar-refractivity contribution < 1.29 is 4.79 Å². The Morgan fingerprint density at radius 2 is 1.91 bits per heavy atom. The van der Waals surface area contributed by atoms with Gasteiger partial charge in [-0.2, -0.15) is 0 Å². The van der Waals surface area contributed by atoms with E-state index < -0.39 is 0 Å². The van der Waals surface area contributed by atoms with Crippen LogP contribution in [0.3, 0.4) is 0 Å². The summed E-state index contributed by atoms with van der Waals surface area (Å²) in [6, 6.07) is 0.724. The van der Waals surface area contributed by atoms with Crippen LogP contribution < -0.4 is 5.32 Å². The Labute approximate surface area is 133 Å². The monoisotopic (exact) mass is 300 g/mol. The van der Waals surface area contributed by atoms with Crippen molar-refractivity contribution >= 4 is 5.91 Å². The lowest BCUT2D eigenvalue weighted by Gasteiger charge is -2.43. The molecule has 22 heavy (non-hydrogen) atoms. The van der Waals surface area contributed by atoms with Crippen molar-refractivity contribution in [2.75, 3.05) is 13.1 Å². The molecular formula is C19H28N2O. The van der Waals surface area contributed by atoms with Crippen LogP contribution in [0.1, 0.15) is 46.0 Å². The summed E-state index contributed by atoms with van der Waals surface area (Å²) in [5, 5.41) is 3.47. The second-order valence-corrected chi connectivity index (χ2v) is 9.82. The van der Waals surface area contributed by atoms with E-state index in [0.29, 0.717) is 17.4 Å². The Morgan fingerprint density at radius 3 is 2.59 bits per heavy atom. The van der Waals surface area contributed by atoms with Crippen LogP contribution in [0.25, 0.3) is 0 Å². The molecule has 3 nitrogen and oxygen atoms in total. The summed E-state index contributed by atoms with van der Waals surface area (Å²) >= 11 is 0. The van der Waals surface area contributed by atoms with Gasteiger partial charge >= 0.3 is 0 Å². The van der Waals surface area contributed by atoms with E-state index >= 15 is 0 Å². The summed E-state index contributed by atoms with van der Waals surface area (Å²) in [5.74, 6) is 4.72. The normalized spacial score (nSPS) is 57.2. The number of carbonyl (C=O) groups excluding carboxylic acids is 1. The van der Waals surface area contributed by atoms with E-state index in [2.05, 4.69) is 24.1 Å². The number of carbonyl (C=O) groups is 1. The molecule has 0 aromatic carbocycles. The zero-order valence-corrected chi connectivity index (χ0v) is 13.8. The van der Waals surface area contributed by atoms with E-state index in [-0.39, 0.29) is 6.04 Å². The van der Waals surface area contributed by atoms with Crippen molar-refractivity contribution in [3.63, 3.8) is 0 Å². The molecule has 0 aromatic rings. The standard InChI is InChI=1S/C19H28N2O/c1-10(2)19-7-13-9-21(8-11-5-18(19,6-11)16(13)19)17(22)15-14(20-15)12-3-4-12/h10-16,20H,3-9H2,1-2H3/t11?,13?,14-,15+,16?,18?,19?/m0/s1. The summed E-state index contributed by atoms with van der Waals surface area (Å²) in [4.78, 5) is 15.2. The van der Waals surface area contributed by atoms with Gasteiger partial charge in [0.2, 0.25) is 5.91 Å². The molecule has 3 heterocycles. The van der Waals surface area contributed by atoms with E-state index in [1.165, 1.54) is 32.1 Å². The predicted molar refractivity (Wildman–Crippen MR) is 84.0 cm³/mol. The van der Waals surface area contributed by atoms with E-state index in [1.54, 1.807) is 0 Å². The zero-order chi connectivity index (χ0) is 14.9. The predicted octanol–water partition coefficient (Wildman–Crippen LogP) is 2.27. The topological polar surface area (TPSA) is 42.2 Å². The second-order valence-electron chi connectivity index (χ2n) is 9.82. The maximum Gasteiger partial charge on any atom is 0.241 e. The average Bonchev–Trinajstić information content (AvgIpc) is 3.23. The molecule has 3 heteroatoms. The van der Waals surface area contributed by atoms with Crippen molar-refractivity contribution in [2.45, 2.75) is 58.0 Å². The van der Waals surface area contributed by atoms with Crippen molar-refractivity contribution in [2.24, 2.45) is 40.4 Å². The number of fused-ring (bicyclic) bond motifs is 2. The van der Waals surface area contributed by atoms with E-state index in [9.17, 15) is 4.79 Å². The summed E-state index contributed by atoms with van der Waals surface area (Å²) < 4.78 is 0. The van der Waals surface area contributed by atoms with Gasteiger partial charge in [0.25, 0.3) is 0 Å². The summed E-state index contributed by atoms with van der Waals surface area (Å²) in [6.07, 6.45) is 6.96. The zero-order valence-electron chi connectivity index (χ0n) is 13.8. The fourth-order valence-corrected chi connectivity index (χ4v) is 7.68. The number of nitrogens with one attached hydrogen (secondary N) is 1. The average molecular weight is 300 g/mol. The minimum atomic E-state index is 0.186. The van der Waals surface area contributed by atoms with Crippen LogP contribution in [0, 0.1) is 40.4 Å². The van der Waals surface area contributed by atoms with Crippen molar-refractivity contribution in [1.82, 2.24) is 10.2 Å². The van der Waals surface area contributed by atoms with Crippen LogP contribution in [0.5, 0.6) is 0 Å². The van der Waals surface area contributed by atoms with E-state index in [1.807, 2.05) is 0 Å². The highest BCUT2D eigenvalue weighted by Crippen LogP contribution is 2.92. The van der Waals surface area contributed by atoms with Crippen LogP contribution in [0.15, 0.2) is 0 Å². The first-order valence-corrected chi connectivity index (χ1v) is 9.62. The lowest BCUT2D eigenvalue weighted by molar-refractivity contribution is -0.134. The molecule has 0 aromatic heterocycles. The van der Waals surface area contributed by atoms with Gasteiger partial charge in [-0.1, -0.05) is 13.8 Å². The molecule has 3 saturated heterocycles. The minimum Gasteiger partial charge on any atom is -0.341 e. The van der Waals surface area contributed by atoms with Gasteiger partial charge in [-0.15, -0.1) is 0 Å². The highest BCUT2D eigenvalue weighted by molar-refractivity contribution is 5.86. The third kappa shape index (κ3) is 1.26. The lowest BCUT2D eigenvalue weighted by Crippen LogP contribution is -2.48. The molecule has 4 saturated carbocycles. The molecule has 1 amide bonds. The van der Waals surface area contributed by atoms with Gasteiger partial charge in [-0.05, 0) is 72.5 Å². The highest BCUT2D eigenvalue weighted by atomic mass is 16.2. The molecular weight excluding hydrogens is 272 g/mol. The number of hydrogen-bond acceptors (Lipinski definition) is 2. The summed E-state index contributed by atoms with van der Waals surface area (Å²) in [5.41, 5.74) is 1.43. The van der Waals surface area contributed by atoms with Crippen molar-refractivity contribution in [3.8, 4) is 0 Å². The Balaban J connectivity index is 1.21. The van der Waals surface area contributed by atoms with Gasteiger partial charge in [0.05, 0.1) is 0 Å². The quantitative estimate of drug-likeness (QED) is 0.813. The second kappa shape index (κ2) is 3.58. The highest BCUT2D eigenvalue weighted by Gasteiger charge is 2.87. The van der Waals surface area contributed by atoms with Crippen molar-refractivity contribution in [3.05, 3.63) is 0 Å². The fraction of sp³-hybridized carbons (Fsp3) is 0.947. The van der Waals surface area contributed by atoms with Crippen LogP contribution in [-0.2, 0) is 4.79 Å². The van der Waals surface area contributed by atoms with Crippen LogP contribution in [0.4, 0.5) is 0 Å². The number of rotatable bonds is 3. The number of nitrogens with zero attached hydrogens (tertiary/aromatic N) is 1. The summed E-state index contributed by atoms with van der Waals surface area (Å²) in [6.45, 7) is 7.03. The molecule has 7 fully saturated rings. The first-order valence-electron chi connectivity index (χ1n) is 9.62. The Bertz CT molecular complexity index is 562. The third-order valence-electron chi connectivity index (χ3n) is 8.66. The molecule has 1 spiro atoms. The van der Waals surface area contributed by atoms with Crippen LogP contribution in [-0.4, -0.2) is 36.0 Å². The molecule has 4 aliphatic carbocycles. The first kappa shape index (κ1) is 12.8. The maximum atomic E-state index is 12.9. The smallest absolute Gasteiger partial charge is 0.241 e. The molecule has 120 valence electrons. The molecule has 3 aliphatic heterocycles. The van der Waals surface area contributed by atoms with Crippen molar-refractivity contribution in [1.29, 1.82) is 0 Å².